The second kappa shape index (κ2) is 6.96. The molecule has 0 saturated heterocycles. The van der Waals surface area contributed by atoms with Gasteiger partial charge in [-0.1, -0.05) is 30.4 Å². The molecule has 23 heavy (non-hydrogen) atoms. The predicted octanol–water partition coefficient (Wildman–Crippen LogP) is 2.12. The van der Waals surface area contributed by atoms with Crippen molar-refractivity contribution >= 4 is 5.91 Å². The number of aromatic nitrogens is 1. The van der Waals surface area contributed by atoms with Gasteiger partial charge in [-0.15, -0.1) is 0 Å². The van der Waals surface area contributed by atoms with E-state index in [1.165, 1.54) is 10.6 Å². The summed E-state index contributed by atoms with van der Waals surface area (Å²) in [6.07, 6.45) is 6.24. The molecule has 1 aromatic carbocycles. The Labute approximate surface area is 134 Å². The molecule has 0 unspecified atom stereocenters. The van der Waals surface area contributed by atoms with Gasteiger partial charge in [0.1, 0.15) is 5.75 Å². The van der Waals surface area contributed by atoms with Crippen LogP contribution in [0.25, 0.3) is 0 Å². The average Bonchev–Trinajstić information content (AvgIpc) is 2.57. The molecular weight excluding hydrogens is 292 g/mol. The highest BCUT2D eigenvalue weighted by Crippen LogP contribution is 2.18. The molecule has 1 amide bonds. The van der Waals surface area contributed by atoms with Crippen molar-refractivity contribution in [2.24, 2.45) is 0 Å². The van der Waals surface area contributed by atoms with Crippen LogP contribution in [0.1, 0.15) is 22.3 Å². The second-order valence-electron chi connectivity index (χ2n) is 5.31. The Balaban J connectivity index is 1.91. The summed E-state index contributed by atoms with van der Waals surface area (Å²) in [4.78, 5) is 24.1. The zero-order chi connectivity index (χ0) is 16.1. The van der Waals surface area contributed by atoms with Crippen molar-refractivity contribution in [3.8, 4) is 5.75 Å². The van der Waals surface area contributed by atoms with Gasteiger partial charge >= 0.3 is 0 Å². The van der Waals surface area contributed by atoms with Crippen molar-refractivity contribution < 1.29 is 9.53 Å². The number of hydrogen-bond donors (Lipinski definition) is 1. The lowest BCUT2D eigenvalue weighted by molar-refractivity contribution is 0.0949. The van der Waals surface area contributed by atoms with Gasteiger partial charge in [0.2, 0.25) is 0 Å². The number of fused-ring (bicyclic) bond motifs is 3. The molecule has 118 valence electrons. The molecule has 1 aliphatic rings. The first kappa shape index (κ1) is 15.1. The molecule has 5 nitrogen and oxygen atoms in total. The van der Waals surface area contributed by atoms with Crippen LogP contribution >= 0.6 is 0 Å². The monoisotopic (exact) mass is 310 g/mol. The van der Waals surface area contributed by atoms with Gasteiger partial charge in [0.05, 0.1) is 12.2 Å². The largest absolute Gasteiger partial charge is 0.493 e. The number of nitrogens with zero attached hydrogens (tertiary/aromatic N) is 1. The number of rotatable bonds is 0. The van der Waals surface area contributed by atoms with E-state index in [2.05, 4.69) is 5.32 Å². The smallest absolute Gasteiger partial charge is 0.253 e. The minimum absolute atomic E-state index is 0.125. The van der Waals surface area contributed by atoms with Crippen LogP contribution in [0.15, 0.2) is 59.5 Å². The third-order valence-corrected chi connectivity index (χ3v) is 3.67. The molecule has 0 spiro atoms. The van der Waals surface area contributed by atoms with E-state index in [-0.39, 0.29) is 11.5 Å². The first-order valence-electron chi connectivity index (χ1n) is 7.58. The fourth-order valence-electron chi connectivity index (χ4n) is 2.42. The van der Waals surface area contributed by atoms with E-state index < -0.39 is 0 Å². The highest BCUT2D eigenvalue weighted by atomic mass is 16.5. The van der Waals surface area contributed by atoms with Gasteiger partial charge in [0, 0.05) is 30.9 Å². The number of pyridine rings is 1. The maximum Gasteiger partial charge on any atom is 0.253 e. The summed E-state index contributed by atoms with van der Waals surface area (Å²) in [5.74, 6) is 0.567. The van der Waals surface area contributed by atoms with Crippen molar-refractivity contribution in [3.63, 3.8) is 0 Å². The number of para-hydroxylation sites is 1. The van der Waals surface area contributed by atoms with Gasteiger partial charge in [-0.25, -0.2) is 0 Å². The van der Waals surface area contributed by atoms with Crippen LogP contribution in [0.2, 0.25) is 0 Å². The highest BCUT2D eigenvalue weighted by molar-refractivity contribution is 5.93. The number of nitrogens with one attached hydrogen (secondary N) is 1. The average molecular weight is 310 g/mol. The van der Waals surface area contributed by atoms with Crippen LogP contribution in [0, 0.1) is 0 Å². The van der Waals surface area contributed by atoms with E-state index in [1.807, 2.05) is 36.4 Å². The fraction of sp³-hybridized carbons (Fsp3) is 0.222. The van der Waals surface area contributed by atoms with Crippen molar-refractivity contribution in [1.29, 1.82) is 0 Å². The Morgan fingerprint density at radius 2 is 1.91 bits per heavy atom. The number of carbonyl (C=O) groups excluding carboxylic acids is 1. The Morgan fingerprint density at radius 1 is 1.04 bits per heavy atom. The van der Waals surface area contributed by atoms with Crippen molar-refractivity contribution in [3.05, 3.63) is 76.2 Å². The normalized spacial score (nSPS) is 16.4. The Kier molecular flexibility index (Phi) is 4.57. The summed E-state index contributed by atoms with van der Waals surface area (Å²) in [6, 6.07) is 10.6. The van der Waals surface area contributed by atoms with E-state index in [1.54, 1.807) is 12.3 Å². The summed E-state index contributed by atoms with van der Waals surface area (Å²) < 4.78 is 7.29. The Hall–Kier alpha value is -2.82. The zero-order valence-electron chi connectivity index (χ0n) is 12.7. The van der Waals surface area contributed by atoms with Gasteiger partial charge in [-0.05, 0) is 18.6 Å². The van der Waals surface area contributed by atoms with Gasteiger partial charge < -0.3 is 14.6 Å². The molecule has 5 heteroatoms. The quantitative estimate of drug-likeness (QED) is 0.758. The topological polar surface area (TPSA) is 60.3 Å². The molecule has 0 radical (unpaired) electrons. The summed E-state index contributed by atoms with van der Waals surface area (Å²) in [7, 11) is 0. The number of ether oxygens (including phenoxy) is 1. The van der Waals surface area contributed by atoms with E-state index in [0.717, 1.165) is 17.7 Å². The van der Waals surface area contributed by atoms with Crippen molar-refractivity contribution in [2.75, 3.05) is 6.61 Å². The number of allylic oxidation sites excluding steroid dienone is 1. The lowest BCUT2D eigenvalue weighted by Crippen LogP contribution is -2.26. The fourth-order valence-corrected chi connectivity index (χ4v) is 2.42. The number of hydrogen-bond acceptors (Lipinski definition) is 3. The van der Waals surface area contributed by atoms with E-state index in [0.29, 0.717) is 25.3 Å². The second-order valence-corrected chi connectivity index (χ2v) is 5.31. The van der Waals surface area contributed by atoms with Crippen LogP contribution in [-0.2, 0) is 13.1 Å². The van der Waals surface area contributed by atoms with E-state index in [4.69, 9.17) is 4.74 Å². The Morgan fingerprint density at radius 3 is 2.83 bits per heavy atom. The molecular formula is C18H18N2O3. The van der Waals surface area contributed by atoms with Crippen LogP contribution in [-0.4, -0.2) is 17.1 Å². The lowest BCUT2D eigenvalue weighted by Gasteiger charge is -2.13. The van der Waals surface area contributed by atoms with Gasteiger partial charge in [0.25, 0.3) is 11.5 Å². The SMILES string of the molecule is O=C1NCc2ccccc2OCC/C=C/Cn2cc1ccc2=O. The van der Waals surface area contributed by atoms with Crippen molar-refractivity contribution in [2.45, 2.75) is 19.5 Å². The lowest BCUT2D eigenvalue weighted by atomic mass is 10.2. The summed E-state index contributed by atoms with van der Waals surface area (Å²) in [6.45, 7) is 1.37. The molecule has 2 aromatic rings. The summed E-state index contributed by atoms with van der Waals surface area (Å²) in [5.41, 5.74) is 1.27. The standard InChI is InChI=1S/C18H18N2O3/c21-17-9-8-15-13-20(17)10-4-1-5-11-23-16-7-3-2-6-14(16)12-19-18(15)22/h1-4,6-9,13H,5,10-12H2,(H,19,22)/b4-1+. The molecule has 1 aliphatic heterocycles. The molecule has 0 saturated carbocycles. The molecule has 2 bridgehead atoms. The third kappa shape index (κ3) is 3.69. The minimum Gasteiger partial charge on any atom is -0.493 e. The zero-order valence-corrected chi connectivity index (χ0v) is 12.7. The first-order valence-corrected chi connectivity index (χ1v) is 7.58. The van der Waals surface area contributed by atoms with Gasteiger partial charge in [-0.2, -0.15) is 0 Å². The number of carbonyl (C=O) groups is 1. The van der Waals surface area contributed by atoms with Crippen LogP contribution in [0.5, 0.6) is 5.75 Å². The molecule has 1 N–H and O–H groups in total. The summed E-state index contributed by atoms with van der Waals surface area (Å²) >= 11 is 0. The van der Waals surface area contributed by atoms with E-state index in [9.17, 15) is 9.59 Å². The molecule has 1 aromatic heterocycles. The van der Waals surface area contributed by atoms with Gasteiger partial charge in [0.15, 0.2) is 0 Å². The summed E-state index contributed by atoms with van der Waals surface area (Å²) in [5, 5.41) is 2.87. The van der Waals surface area contributed by atoms with Crippen LogP contribution < -0.4 is 15.6 Å². The van der Waals surface area contributed by atoms with Crippen molar-refractivity contribution in [1.82, 2.24) is 9.88 Å². The Bertz CT molecular complexity index is 793. The van der Waals surface area contributed by atoms with Gasteiger partial charge in [-0.3, -0.25) is 9.59 Å². The molecule has 2 heterocycles. The molecule has 0 atom stereocenters. The van der Waals surface area contributed by atoms with Crippen LogP contribution in [0.3, 0.4) is 0 Å². The highest BCUT2D eigenvalue weighted by Gasteiger charge is 2.09. The minimum atomic E-state index is -0.213. The van der Waals surface area contributed by atoms with Crippen LogP contribution in [0.4, 0.5) is 0 Å². The third-order valence-electron chi connectivity index (χ3n) is 3.67. The maximum absolute atomic E-state index is 12.3. The molecule has 0 fully saturated rings. The molecule has 0 aliphatic carbocycles. The maximum atomic E-state index is 12.3. The predicted molar refractivity (Wildman–Crippen MR) is 87.6 cm³/mol. The van der Waals surface area contributed by atoms with E-state index >= 15 is 0 Å². The number of benzene rings is 1. The number of amides is 1. The molecule has 3 rings (SSSR count). The first-order chi connectivity index (χ1) is 11.2.